The van der Waals surface area contributed by atoms with Crippen molar-refractivity contribution in [1.82, 2.24) is 10.2 Å². The molecule has 144 valence electrons. The molecule has 3 atom stereocenters. The predicted molar refractivity (Wildman–Crippen MR) is 93.9 cm³/mol. The van der Waals surface area contributed by atoms with Crippen LogP contribution in [0.3, 0.4) is 0 Å². The first-order valence-corrected chi connectivity index (χ1v) is 8.64. The Bertz CT molecular complexity index is 519. The van der Waals surface area contributed by atoms with E-state index in [0.717, 1.165) is 0 Å². The third-order valence-corrected chi connectivity index (χ3v) is 4.04. The van der Waals surface area contributed by atoms with Gasteiger partial charge in [-0.2, -0.15) is 0 Å². The van der Waals surface area contributed by atoms with Crippen molar-refractivity contribution in [3.05, 3.63) is 0 Å². The zero-order valence-electron chi connectivity index (χ0n) is 16.6. The zero-order valence-corrected chi connectivity index (χ0v) is 16.6. The molecule has 1 heterocycles. The van der Waals surface area contributed by atoms with Crippen LogP contribution in [-0.2, 0) is 19.1 Å². The lowest BCUT2D eigenvalue weighted by Gasteiger charge is -2.35. The summed E-state index contributed by atoms with van der Waals surface area (Å²) >= 11 is 0. The minimum absolute atomic E-state index is 0.190. The summed E-state index contributed by atoms with van der Waals surface area (Å²) < 4.78 is 10.1. The third kappa shape index (κ3) is 5.90. The Morgan fingerprint density at radius 2 is 1.68 bits per heavy atom. The molecule has 1 saturated heterocycles. The third-order valence-electron chi connectivity index (χ3n) is 4.04. The number of alkyl carbamates (subject to hydrolysis) is 1. The fourth-order valence-electron chi connectivity index (χ4n) is 2.89. The highest BCUT2D eigenvalue weighted by Gasteiger charge is 2.44. The van der Waals surface area contributed by atoms with Crippen LogP contribution in [0.1, 0.15) is 54.9 Å². The number of amides is 2. The van der Waals surface area contributed by atoms with Crippen molar-refractivity contribution < 1.29 is 23.9 Å². The van der Waals surface area contributed by atoms with Gasteiger partial charge in [0.15, 0.2) is 0 Å². The molecule has 1 aliphatic rings. The van der Waals surface area contributed by atoms with Gasteiger partial charge in [-0.3, -0.25) is 4.79 Å². The van der Waals surface area contributed by atoms with Gasteiger partial charge in [0, 0.05) is 6.54 Å². The molecule has 0 unspecified atom stereocenters. The fraction of sp³-hybridized carbons (Fsp3) is 0.833. The van der Waals surface area contributed by atoms with Crippen LogP contribution in [0.5, 0.6) is 0 Å². The minimum Gasteiger partial charge on any atom is -0.467 e. The Morgan fingerprint density at radius 1 is 1.12 bits per heavy atom. The lowest BCUT2D eigenvalue weighted by Crippen LogP contribution is -2.57. The number of nitrogens with zero attached hydrogens (tertiary/aromatic N) is 1. The molecule has 1 fully saturated rings. The highest BCUT2D eigenvalue weighted by atomic mass is 16.6. The van der Waals surface area contributed by atoms with E-state index in [9.17, 15) is 14.4 Å². The fourth-order valence-corrected chi connectivity index (χ4v) is 2.89. The molecule has 0 saturated carbocycles. The van der Waals surface area contributed by atoms with Crippen molar-refractivity contribution in [3.8, 4) is 0 Å². The normalized spacial score (nSPS) is 22.3. The SMILES string of the molecule is COC(=O)[C@@H]1C[C@H](C)CN1C(=O)[C@@H](NC(=O)OC(C)(C)C)C(C)(C)C. The van der Waals surface area contributed by atoms with Crippen molar-refractivity contribution in [2.75, 3.05) is 13.7 Å². The number of methoxy groups -OCH3 is 1. The summed E-state index contributed by atoms with van der Waals surface area (Å²) in [6.45, 7) is 13.3. The van der Waals surface area contributed by atoms with Gasteiger partial charge in [-0.05, 0) is 38.5 Å². The summed E-state index contributed by atoms with van der Waals surface area (Å²) in [7, 11) is 1.31. The molecule has 0 radical (unpaired) electrons. The van der Waals surface area contributed by atoms with Gasteiger partial charge in [0.25, 0.3) is 0 Å². The maximum atomic E-state index is 13.1. The Hall–Kier alpha value is -1.79. The van der Waals surface area contributed by atoms with Gasteiger partial charge in [0.1, 0.15) is 17.7 Å². The maximum absolute atomic E-state index is 13.1. The average molecular weight is 356 g/mol. The molecule has 0 aliphatic carbocycles. The lowest BCUT2D eigenvalue weighted by atomic mass is 9.85. The van der Waals surface area contributed by atoms with Gasteiger partial charge in [0.05, 0.1) is 7.11 Å². The van der Waals surface area contributed by atoms with Crippen LogP contribution in [0.15, 0.2) is 0 Å². The summed E-state index contributed by atoms with van der Waals surface area (Å²) in [4.78, 5) is 38.8. The molecule has 0 spiro atoms. The van der Waals surface area contributed by atoms with Crippen molar-refractivity contribution >= 4 is 18.0 Å². The van der Waals surface area contributed by atoms with Crippen molar-refractivity contribution in [2.24, 2.45) is 11.3 Å². The first kappa shape index (κ1) is 21.3. The van der Waals surface area contributed by atoms with Crippen molar-refractivity contribution in [2.45, 2.75) is 72.6 Å². The maximum Gasteiger partial charge on any atom is 0.408 e. The number of esters is 1. The van der Waals surface area contributed by atoms with E-state index in [1.54, 1.807) is 20.8 Å². The number of carbonyl (C=O) groups is 3. The van der Waals surface area contributed by atoms with Gasteiger partial charge in [0.2, 0.25) is 5.91 Å². The van der Waals surface area contributed by atoms with E-state index in [0.29, 0.717) is 13.0 Å². The van der Waals surface area contributed by atoms with Crippen LogP contribution in [0.25, 0.3) is 0 Å². The second-order valence-electron chi connectivity index (χ2n) is 8.82. The molecule has 7 nitrogen and oxygen atoms in total. The summed E-state index contributed by atoms with van der Waals surface area (Å²) in [6.07, 6.45) is -0.0931. The lowest BCUT2D eigenvalue weighted by molar-refractivity contribution is -0.152. The monoisotopic (exact) mass is 356 g/mol. The first-order valence-electron chi connectivity index (χ1n) is 8.64. The van der Waals surface area contributed by atoms with Crippen molar-refractivity contribution in [1.29, 1.82) is 0 Å². The van der Waals surface area contributed by atoms with Gasteiger partial charge in [-0.1, -0.05) is 27.7 Å². The molecule has 1 N–H and O–H groups in total. The smallest absolute Gasteiger partial charge is 0.408 e. The average Bonchev–Trinajstić information content (AvgIpc) is 2.82. The summed E-state index contributed by atoms with van der Waals surface area (Å²) in [5.41, 5.74) is -1.20. The zero-order chi connectivity index (χ0) is 19.6. The van der Waals surface area contributed by atoms with E-state index in [2.05, 4.69) is 5.32 Å². The number of likely N-dealkylation sites (tertiary alicyclic amines) is 1. The van der Waals surface area contributed by atoms with Gasteiger partial charge in [-0.15, -0.1) is 0 Å². The number of rotatable bonds is 3. The Balaban J connectivity index is 3.01. The second-order valence-corrected chi connectivity index (χ2v) is 8.82. The first-order chi connectivity index (χ1) is 11.3. The molecule has 1 rings (SSSR count). The summed E-state index contributed by atoms with van der Waals surface area (Å²) in [5.74, 6) is -0.532. The van der Waals surface area contributed by atoms with E-state index in [1.807, 2.05) is 27.7 Å². The molecule has 1 aliphatic heterocycles. The van der Waals surface area contributed by atoms with Gasteiger partial charge < -0.3 is 19.7 Å². The molecule has 0 aromatic heterocycles. The standard InChI is InChI=1S/C18H32N2O5/c1-11-9-12(15(22)24-8)20(10-11)14(21)13(17(2,3)4)19-16(23)25-18(5,6)7/h11-13H,9-10H2,1-8H3,(H,19,23)/t11-,12-,13+/m0/s1. The van der Waals surface area contributed by atoms with Crippen LogP contribution >= 0.6 is 0 Å². The number of hydrogen-bond donors (Lipinski definition) is 1. The van der Waals surface area contributed by atoms with Crippen LogP contribution in [0.4, 0.5) is 4.79 Å². The van der Waals surface area contributed by atoms with Crippen LogP contribution < -0.4 is 5.32 Å². The molecular formula is C18H32N2O5. The molecule has 25 heavy (non-hydrogen) atoms. The molecule has 2 amide bonds. The molecular weight excluding hydrogens is 324 g/mol. The second kappa shape index (κ2) is 7.62. The predicted octanol–water partition coefficient (Wildman–Crippen LogP) is 2.34. The Kier molecular flexibility index (Phi) is 6.48. The largest absolute Gasteiger partial charge is 0.467 e. The topological polar surface area (TPSA) is 84.9 Å². The van der Waals surface area contributed by atoms with Crippen molar-refractivity contribution in [3.63, 3.8) is 0 Å². The quantitative estimate of drug-likeness (QED) is 0.785. The Labute approximate surface area is 150 Å². The summed E-state index contributed by atoms with van der Waals surface area (Å²) in [5, 5.41) is 2.68. The van der Waals surface area contributed by atoms with E-state index >= 15 is 0 Å². The number of hydrogen-bond acceptors (Lipinski definition) is 5. The van der Waals surface area contributed by atoms with Crippen LogP contribution in [0, 0.1) is 11.3 Å². The van der Waals surface area contributed by atoms with Crippen LogP contribution in [-0.4, -0.2) is 54.2 Å². The highest BCUT2D eigenvalue weighted by molar-refractivity contribution is 5.90. The molecule has 0 aromatic rings. The van der Waals surface area contributed by atoms with Gasteiger partial charge >= 0.3 is 12.1 Å². The minimum atomic E-state index is -0.806. The van der Waals surface area contributed by atoms with Crippen LogP contribution in [0.2, 0.25) is 0 Å². The van der Waals surface area contributed by atoms with E-state index in [-0.39, 0.29) is 11.8 Å². The summed E-state index contributed by atoms with van der Waals surface area (Å²) in [6, 6.07) is -1.42. The Morgan fingerprint density at radius 3 is 2.12 bits per heavy atom. The number of carbonyl (C=O) groups excluding carboxylic acids is 3. The van der Waals surface area contributed by atoms with E-state index in [4.69, 9.17) is 9.47 Å². The molecule has 7 heteroatoms. The van der Waals surface area contributed by atoms with E-state index < -0.39 is 35.2 Å². The van der Waals surface area contributed by atoms with E-state index in [1.165, 1.54) is 12.0 Å². The molecule has 0 aromatic carbocycles. The van der Waals surface area contributed by atoms with Gasteiger partial charge in [-0.25, -0.2) is 9.59 Å². The number of ether oxygens (including phenoxy) is 2. The highest BCUT2D eigenvalue weighted by Crippen LogP contribution is 2.29. The number of nitrogens with one attached hydrogen (secondary N) is 1. The molecule has 0 bridgehead atoms.